The van der Waals surface area contributed by atoms with Crippen LogP contribution in [0.1, 0.15) is 25.0 Å². The maximum absolute atomic E-state index is 5.20. The van der Waals surface area contributed by atoms with Crippen molar-refractivity contribution in [3.63, 3.8) is 0 Å². The summed E-state index contributed by atoms with van der Waals surface area (Å²) in [6.07, 6.45) is 3.87. The van der Waals surface area contributed by atoms with E-state index in [1.807, 2.05) is 12.4 Å². The topological polar surface area (TPSA) is 25.8 Å². The number of hydrogen-bond acceptors (Lipinski definition) is 2. The third-order valence-electron chi connectivity index (χ3n) is 13.0. The first-order valence-corrected chi connectivity index (χ1v) is 20.5. The Labute approximate surface area is 343 Å². The van der Waals surface area contributed by atoms with Crippen LogP contribution in [-0.4, -0.2) is 9.97 Å². The summed E-state index contributed by atoms with van der Waals surface area (Å²) in [5.74, 6) is 0. The van der Waals surface area contributed by atoms with E-state index < -0.39 is 0 Å². The summed E-state index contributed by atoms with van der Waals surface area (Å²) < 4.78 is 0. The molecule has 276 valence electrons. The maximum atomic E-state index is 5.20. The van der Waals surface area contributed by atoms with E-state index in [4.69, 9.17) is 9.97 Å². The molecule has 0 fully saturated rings. The van der Waals surface area contributed by atoms with Gasteiger partial charge in [0.15, 0.2) is 0 Å². The SMILES string of the molecule is CC1(C)c2ccccc2-c2ccc(-c3c4ccccc4c(-c4ccc(-c5c6ccccc6c(-c6ccccc6)c6ncccc56)c5ccccc45)c4cccnc34)cc21. The first kappa shape index (κ1) is 33.7. The number of aromatic nitrogens is 2. The highest BCUT2D eigenvalue weighted by atomic mass is 14.7. The molecular weight excluding hydrogens is 713 g/mol. The summed E-state index contributed by atoms with van der Waals surface area (Å²) in [6.45, 7) is 4.71. The van der Waals surface area contributed by atoms with E-state index in [9.17, 15) is 0 Å². The molecule has 12 rings (SSSR count). The minimum atomic E-state index is -0.101. The van der Waals surface area contributed by atoms with E-state index in [2.05, 4.69) is 196 Å². The molecule has 0 saturated carbocycles. The fraction of sp³-hybridized carbons (Fsp3) is 0.0526. The van der Waals surface area contributed by atoms with Crippen LogP contribution in [0.3, 0.4) is 0 Å². The van der Waals surface area contributed by atoms with Crippen molar-refractivity contribution in [1.82, 2.24) is 9.97 Å². The normalized spacial score (nSPS) is 13.1. The van der Waals surface area contributed by atoms with Crippen molar-refractivity contribution in [3.05, 3.63) is 206 Å². The Morgan fingerprint density at radius 1 is 0.305 bits per heavy atom. The van der Waals surface area contributed by atoms with Crippen molar-refractivity contribution in [2.45, 2.75) is 19.3 Å². The summed E-state index contributed by atoms with van der Waals surface area (Å²) in [7, 11) is 0. The van der Waals surface area contributed by atoms with E-state index in [1.165, 1.54) is 99.1 Å². The first-order valence-electron chi connectivity index (χ1n) is 20.5. The lowest BCUT2D eigenvalue weighted by molar-refractivity contribution is 0.660. The van der Waals surface area contributed by atoms with Crippen molar-refractivity contribution in [2.75, 3.05) is 0 Å². The lowest BCUT2D eigenvalue weighted by Crippen LogP contribution is -2.14. The molecule has 0 spiro atoms. The second kappa shape index (κ2) is 12.8. The lowest BCUT2D eigenvalue weighted by atomic mass is 9.80. The molecule has 2 aromatic heterocycles. The van der Waals surface area contributed by atoms with Crippen molar-refractivity contribution < 1.29 is 0 Å². The molecule has 9 aromatic carbocycles. The average Bonchev–Trinajstić information content (AvgIpc) is 3.52. The van der Waals surface area contributed by atoms with Crippen molar-refractivity contribution in [3.8, 4) is 55.6 Å². The van der Waals surface area contributed by atoms with Crippen LogP contribution < -0.4 is 0 Å². The Bertz CT molecular complexity index is 3410. The first-order chi connectivity index (χ1) is 29.1. The van der Waals surface area contributed by atoms with Gasteiger partial charge in [0.2, 0.25) is 0 Å². The largest absolute Gasteiger partial charge is 0.256 e. The van der Waals surface area contributed by atoms with Crippen molar-refractivity contribution in [1.29, 1.82) is 0 Å². The van der Waals surface area contributed by atoms with Crippen LogP contribution in [-0.2, 0) is 5.41 Å². The van der Waals surface area contributed by atoms with Gasteiger partial charge in [-0.15, -0.1) is 0 Å². The van der Waals surface area contributed by atoms with E-state index in [0.717, 1.165) is 21.8 Å². The summed E-state index contributed by atoms with van der Waals surface area (Å²) in [4.78, 5) is 10.3. The van der Waals surface area contributed by atoms with Crippen LogP contribution in [0.5, 0.6) is 0 Å². The van der Waals surface area contributed by atoms with Gasteiger partial charge in [0.1, 0.15) is 0 Å². The molecule has 0 bridgehead atoms. The maximum Gasteiger partial charge on any atom is 0.0792 e. The minimum absolute atomic E-state index is 0.101. The summed E-state index contributed by atoms with van der Waals surface area (Å²) in [5.41, 5.74) is 16.9. The van der Waals surface area contributed by atoms with Gasteiger partial charge >= 0.3 is 0 Å². The average molecular weight is 751 g/mol. The van der Waals surface area contributed by atoms with E-state index in [0.29, 0.717) is 0 Å². The molecule has 0 N–H and O–H groups in total. The van der Waals surface area contributed by atoms with Crippen molar-refractivity contribution in [2.24, 2.45) is 0 Å². The van der Waals surface area contributed by atoms with Gasteiger partial charge in [-0.1, -0.05) is 178 Å². The highest BCUT2D eigenvalue weighted by Crippen LogP contribution is 2.52. The zero-order valence-corrected chi connectivity index (χ0v) is 32.9. The zero-order valence-electron chi connectivity index (χ0n) is 32.9. The van der Waals surface area contributed by atoms with E-state index in [-0.39, 0.29) is 5.41 Å². The summed E-state index contributed by atoms with van der Waals surface area (Å²) in [5, 5.41) is 9.55. The fourth-order valence-corrected chi connectivity index (χ4v) is 10.4. The summed E-state index contributed by atoms with van der Waals surface area (Å²) in [6, 6.07) is 66.7. The van der Waals surface area contributed by atoms with Gasteiger partial charge in [0.25, 0.3) is 0 Å². The van der Waals surface area contributed by atoms with E-state index >= 15 is 0 Å². The molecule has 1 aliphatic carbocycles. The Balaban J connectivity index is 1.12. The van der Waals surface area contributed by atoms with Gasteiger partial charge in [-0.2, -0.15) is 0 Å². The molecule has 59 heavy (non-hydrogen) atoms. The van der Waals surface area contributed by atoms with Crippen molar-refractivity contribution >= 4 is 54.1 Å². The molecule has 2 heterocycles. The Kier molecular flexibility index (Phi) is 7.31. The molecule has 1 aliphatic rings. The molecule has 0 radical (unpaired) electrons. The third-order valence-corrected chi connectivity index (χ3v) is 13.0. The highest BCUT2D eigenvalue weighted by Gasteiger charge is 2.35. The lowest BCUT2D eigenvalue weighted by Gasteiger charge is -2.23. The number of fused-ring (bicyclic) bond motifs is 8. The predicted octanol–water partition coefficient (Wildman–Crippen LogP) is 15.2. The molecule has 2 nitrogen and oxygen atoms in total. The molecule has 0 atom stereocenters. The number of pyridine rings is 2. The quantitative estimate of drug-likeness (QED) is 0.167. The molecule has 0 unspecified atom stereocenters. The van der Waals surface area contributed by atoms with Crippen LogP contribution in [0.4, 0.5) is 0 Å². The van der Waals surface area contributed by atoms with Crippen LogP contribution in [0.15, 0.2) is 194 Å². The molecular formula is C57H38N2. The van der Waals surface area contributed by atoms with Gasteiger partial charge in [0, 0.05) is 39.7 Å². The highest BCUT2D eigenvalue weighted by molar-refractivity contribution is 6.26. The Morgan fingerprint density at radius 3 is 1.31 bits per heavy atom. The molecule has 0 amide bonds. The van der Waals surface area contributed by atoms with Crippen LogP contribution in [0, 0.1) is 0 Å². The third kappa shape index (κ3) is 4.87. The van der Waals surface area contributed by atoms with Gasteiger partial charge in [-0.05, 0) is 106 Å². The van der Waals surface area contributed by atoms with Gasteiger partial charge in [0.05, 0.1) is 11.0 Å². The standard InChI is InChI=1S/C57H38N2/c1-57(2)49-27-13-12-20-39(49)40-29-28-36(34-50(40)57)52-42-22-9-11-24-44(42)54(48-26-15-33-59-56(48)52)46-31-30-45(37-18-6-7-19-38(37)46)53-43-23-10-8-21-41(43)51(35-16-4-3-5-17-35)55-47(53)25-14-32-58-55/h3-34H,1-2H3. The minimum Gasteiger partial charge on any atom is -0.256 e. The number of rotatable bonds is 4. The molecule has 0 saturated heterocycles. The Hall–Kier alpha value is -7.42. The van der Waals surface area contributed by atoms with Gasteiger partial charge in [-0.3, -0.25) is 9.97 Å². The Morgan fingerprint density at radius 2 is 0.729 bits per heavy atom. The number of nitrogens with zero attached hydrogens (tertiary/aromatic N) is 2. The smallest absolute Gasteiger partial charge is 0.0792 e. The van der Waals surface area contributed by atoms with Gasteiger partial charge < -0.3 is 0 Å². The molecule has 2 heteroatoms. The monoisotopic (exact) mass is 750 g/mol. The molecule has 11 aromatic rings. The second-order valence-electron chi connectivity index (χ2n) is 16.4. The van der Waals surface area contributed by atoms with Crippen LogP contribution in [0.2, 0.25) is 0 Å². The van der Waals surface area contributed by atoms with Gasteiger partial charge in [-0.25, -0.2) is 0 Å². The second-order valence-corrected chi connectivity index (χ2v) is 16.4. The van der Waals surface area contributed by atoms with Crippen LogP contribution >= 0.6 is 0 Å². The summed E-state index contributed by atoms with van der Waals surface area (Å²) >= 11 is 0. The van der Waals surface area contributed by atoms with E-state index in [1.54, 1.807) is 0 Å². The van der Waals surface area contributed by atoms with Crippen LogP contribution in [0.25, 0.3) is 110 Å². The zero-order chi connectivity index (χ0) is 39.2. The number of hydrogen-bond donors (Lipinski definition) is 0. The number of benzene rings is 9. The fourth-order valence-electron chi connectivity index (χ4n) is 10.4. The predicted molar refractivity (Wildman–Crippen MR) is 249 cm³/mol. The molecule has 0 aliphatic heterocycles.